The molecule has 2 rings (SSSR count). The number of hydrogen-bond acceptors (Lipinski definition) is 4. The molecule has 0 aliphatic carbocycles. The van der Waals surface area contributed by atoms with E-state index in [9.17, 15) is 0 Å². The predicted molar refractivity (Wildman–Crippen MR) is 71.5 cm³/mol. The molecule has 1 aliphatic rings. The van der Waals surface area contributed by atoms with Gasteiger partial charge in [-0.2, -0.15) is 0 Å². The third-order valence-electron chi connectivity index (χ3n) is 3.57. The zero-order valence-electron chi connectivity index (χ0n) is 11.4. The summed E-state index contributed by atoms with van der Waals surface area (Å²) < 4.78 is 11.1. The number of hydrogen-bond donors (Lipinski definition) is 1. The van der Waals surface area contributed by atoms with E-state index in [-0.39, 0.29) is 5.41 Å². The van der Waals surface area contributed by atoms with Crippen LogP contribution in [0, 0.1) is 5.41 Å². The summed E-state index contributed by atoms with van der Waals surface area (Å²) in [5.41, 5.74) is 0.244. The van der Waals surface area contributed by atoms with Crippen LogP contribution in [0.4, 0.5) is 0 Å². The van der Waals surface area contributed by atoms with Gasteiger partial charge in [0, 0.05) is 25.1 Å². The van der Waals surface area contributed by atoms with Crippen LogP contribution in [0.25, 0.3) is 0 Å². The third-order valence-corrected chi connectivity index (χ3v) is 3.57. The second-order valence-corrected chi connectivity index (χ2v) is 5.44. The SMILES string of the molecule is CNCC1(CN(C)Cc2ccco2)CCCOC1. The quantitative estimate of drug-likeness (QED) is 0.836. The van der Waals surface area contributed by atoms with Crippen molar-refractivity contribution in [3.05, 3.63) is 24.2 Å². The van der Waals surface area contributed by atoms with Gasteiger partial charge in [0.15, 0.2) is 0 Å². The molecule has 0 radical (unpaired) electrons. The van der Waals surface area contributed by atoms with Gasteiger partial charge >= 0.3 is 0 Å². The number of ether oxygens (including phenoxy) is 1. The first-order valence-electron chi connectivity index (χ1n) is 6.67. The first-order valence-corrected chi connectivity index (χ1v) is 6.67. The maximum atomic E-state index is 5.68. The fraction of sp³-hybridized carbons (Fsp3) is 0.714. The van der Waals surface area contributed by atoms with E-state index in [0.29, 0.717) is 0 Å². The first kappa shape index (κ1) is 13.6. The van der Waals surface area contributed by atoms with Gasteiger partial charge in [-0.3, -0.25) is 4.90 Å². The van der Waals surface area contributed by atoms with Gasteiger partial charge in [0.2, 0.25) is 0 Å². The van der Waals surface area contributed by atoms with Crippen LogP contribution in [0.5, 0.6) is 0 Å². The van der Waals surface area contributed by atoms with Crippen molar-refractivity contribution in [1.82, 2.24) is 10.2 Å². The summed E-state index contributed by atoms with van der Waals surface area (Å²) in [6, 6.07) is 3.97. The number of rotatable bonds is 6. The highest BCUT2D eigenvalue weighted by Crippen LogP contribution is 2.29. The highest BCUT2D eigenvalue weighted by molar-refractivity contribution is 4.98. The normalized spacial score (nSPS) is 24.6. The molecule has 18 heavy (non-hydrogen) atoms. The number of nitrogens with one attached hydrogen (secondary N) is 1. The summed E-state index contributed by atoms with van der Waals surface area (Å²) in [4.78, 5) is 2.32. The molecule has 1 saturated heterocycles. The average molecular weight is 252 g/mol. The Labute approximate surface area is 109 Å². The fourth-order valence-corrected chi connectivity index (χ4v) is 2.90. The van der Waals surface area contributed by atoms with Crippen LogP contribution in [0.15, 0.2) is 22.8 Å². The molecule has 1 aliphatic heterocycles. The summed E-state index contributed by atoms with van der Waals surface area (Å²) in [7, 11) is 4.16. The molecule has 1 fully saturated rings. The Morgan fingerprint density at radius 2 is 2.39 bits per heavy atom. The Morgan fingerprint density at radius 3 is 3.00 bits per heavy atom. The van der Waals surface area contributed by atoms with Gasteiger partial charge in [0.25, 0.3) is 0 Å². The lowest BCUT2D eigenvalue weighted by Crippen LogP contribution is -2.47. The number of furan rings is 1. The maximum absolute atomic E-state index is 5.68. The standard InChI is InChI=1S/C14H24N2O2/c1-15-10-14(6-4-7-17-12-14)11-16(2)9-13-5-3-8-18-13/h3,5,8,15H,4,6-7,9-12H2,1-2H3. The molecular formula is C14H24N2O2. The fourth-order valence-electron chi connectivity index (χ4n) is 2.90. The van der Waals surface area contributed by atoms with Gasteiger partial charge in [-0.25, -0.2) is 0 Å². The van der Waals surface area contributed by atoms with Crippen molar-refractivity contribution in [2.45, 2.75) is 19.4 Å². The van der Waals surface area contributed by atoms with Crippen molar-refractivity contribution in [2.24, 2.45) is 5.41 Å². The third kappa shape index (κ3) is 3.57. The second-order valence-electron chi connectivity index (χ2n) is 5.44. The monoisotopic (exact) mass is 252 g/mol. The molecule has 0 amide bonds. The molecule has 4 heteroatoms. The molecule has 0 aromatic carbocycles. The summed E-state index contributed by atoms with van der Waals surface area (Å²) in [5, 5.41) is 3.31. The van der Waals surface area contributed by atoms with Crippen LogP contribution in [-0.2, 0) is 11.3 Å². The zero-order chi connectivity index (χ0) is 12.8. The smallest absolute Gasteiger partial charge is 0.117 e. The number of nitrogens with zero attached hydrogens (tertiary/aromatic N) is 1. The molecule has 0 spiro atoms. The van der Waals surface area contributed by atoms with Crippen LogP contribution in [0.3, 0.4) is 0 Å². The first-order chi connectivity index (χ1) is 8.74. The second kappa shape index (κ2) is 6.36. The van der Waals surface area contributed by atoms with E-state index in [2.05, 4.69) is 17.3 Å². The lowest BCUT2D eigenvalue weighted by Gasteiger charge is -2.39. The maximum Gasteiger partial charge on any atom is 0.117 e. The van der Waals surface area contributed by atoms with Gasteiger partial charge in [-0.1, -0.05) is 0 Å². The van der Waals surface area contributed by atoms with Gasteiger partial charge in [0.1, 0.15) is 5.76 Å². The zero-order valence-corrected chi connectivity index (χ0v) is 11.4. The van der Waals surface area contributed by atoms with Gasteiger partial charge in [0.05, 0.1) is 19.4 Å². The van der Waals surface area contributed by atoms with Gasteiger partial charge < -0.3 is 14.5 Å². The van der Waals surface area contributed by atoms with Gasteiger partial charge in [-0.05, 0) is 39.1 Å². The van der Waals surface area contributed by atoms with Crippen LogP contribution in [0.2, 0.25) is 0 Å². The highest BCUT2D eigenvalue weighted by atomic mass is 16.5. The van der Waals surface area contributed by atoms with E-state index in [1.54, 1.807) is 6.26 Å². The van der Waals surface area contributed by atoms with Crippen LogP contribution < -0.4 is 5.32 Å². The molecule has 4 nitrogen and oxygen atoms in total. The van der Waals surface area contributed by atoms with Crippen LogP contribution in [-0.4, -0.2) is 45.3 Å². The average Bonchev–Trinajstić information content (AvgIpc) is 2.83. The van der Waals surface area contributed by atoms with Crippen molar-refractivity contribution in [3.63, 3.8) is 0 Å². The molecule has 1 aromatic rings. The largest absolute Gasteiger partial charge is 0.468 e. The van der Waals surface area contributed by atoms with E-state index in [0.717, 1.165) is 45.0 Å². The Bertz CT molecular complexity index is 326. The molecule has 102 valence electrons. The minimum Gasteiger partial charge on any atom is -0.468 e. The Balaban J connectivity index is 1.91. The minimum atomic E-state index is 0.244. The lowest BCUT2D eigenvalue weighted by molar-refractivity contribution is -0.0234. The Hall–Kier alpha value is -0.840. The van der Waals surface area contributed by atoms with E-state index in [1.807, 2.05) is 19.2 Å². The molecule has 1 aromatic heterocycles. The van der Waals surface area contributed by atoms with E-state index in [1.165, 1.54) is 6.42 Å². The molecule has 2 heterocycles. The predicted octanol–water partition coefficient (Wildman–Crippen LogP) is 1.73. The molecule has 1 atom stereocenters. The Kier molecular flexibility index (Phi) is 4.80. The van der Waals surface area contributed by atoms with Crippen molar-refractivity contribution in [1.29, 1.82) is 0 Å². The van der Waals surface area contributed by atoms with Crippen LogP contribution >= 0.6 is 0 Å². The Morgan fingerprint density at radius 1 is 1.50 bits per heavy atom. The summed E-state index contributed by atoms with van der Waals surface area (Å²) in [6.45, 7) is 4.67. The van der Waals surface area contributed by atoms with E-state index in [4.69, 9.17) is 9.15 Å². The summed E-state index contributed by atoms with van der Waals surface area (Å²) in [6.07, 6.45) is 4.13. The minimum absolute atomic E-state index is 0.244. The highest BCUT2D eigenvalue weighted by Gasteiger charge is 2.33. The lowest BCUT2D eigenvalue weighted by atomic mass is 9.82. The van der Waals surface area contributed by atoms with Crippen molar-refractivity contribution in [3.8, 4) is 0 Å². The van der Waals surface area contributed by atoms with Crippen molar-refractivity contribution < 1.29 is 9.15 Å². The van der Waals surface area contributed by atoms with Crippen molar-refractivity contribution >= 4 is 0 Å². The summed E-state index contributed by atoms with van der Waals surface area (Å²) >= 11 is 0. The van der Waals surface area contributed by atoms with E-state index >= 15 is 0 Å². The molecule has 0 saturated carbocycles. The van der Waals surface area contributed by atoms with Gasteiger partial charge in [-0.15, -0.1) is 0 Å². The topological polar surface area (TPSA) is 37.6 Å². The van der Waals surface area contributed by atoms with E-state index < -0.39 is 0 Å². The molecular weight excluding hydrogens is 228 g/mol. The molecule has 0 bridgehead atoms. The van der Waals surface area contributed by atoms with Crippen molar-refractivity contribution in [2.75, 3.05) is 40.4 Å². The molecule has 1 N–H and O–H groups in total. The summed E-state index contributed by atoms with van der Waals surface area (Å²) in [5.74, 6) is 1.02. The molecule has 1 unspecified atom stereocenters. The van der Waals surface area contributed by atoms with Crippen LogP contribution in [0.1, 0.15) is 18.6 Å².